The minimum absolute atomic E-state index is 0.444. The Morgan fingerprint density at radius 2 is 1.83 bits per heavy atom. The molecule has 1 aliphatic heterocycles. The van der Waals surface area contributed by atoms with Gasteiger partial charge in [-0.1, -0.05) is 20.8 Å². The Morgan fingerprint density at radius 1 is 1.22 bits per heavy atom. The van der Waals surface area contributed by atoms with E-state index >= 15 is 0 Å². The van der Waals surface area contributed by atoms with Crippen molar-refractivity contribution in [2.24, 2.45) is 4.99 Å². The van der Waals surface area contributed by atoms with Crippen LogP contribution in [0.15, 0.2) is 4.99 Å². The first-order chi connectivity index (χ1) is 8.37. The molecule has 0 aromatic heterocycles. The van der Waals surface area contributed by atoms with Gasteiger partial charge >= 0.3 is 0 Å². The molecule has 18 heavy (non-hydrogen) atoms. The maximum absolute atomic E-state index is 11.3. The lowest BCUT2D eigenvalue weighted by Crippen LogP contribution is -2.44. The maximum Gasteiger partial charge on any atom is 0.145 e. The van der Waals surface area contributed by atoms with Crippen molar-refractivity contribution in [3.8, 4) is 0 Å². The molecule has 1 heterocycles. The Kier molecular flexibility index (Phi) is 5.88. The predicted molar refractivity (Wildman–Crippen MR) is 71.7 cm³/mol. The van der Waals surface area contributed by atoms with E-state index in [-0.39, 0.29) is 0 Å². The third kappa shape index (κ3) is 6.81. The van der Waals surface area contributed by atoms with Crippen molar-refractivity contribution in [2.45, 2.75) is 32.8 Å². The highest BCUT2D eigenvalue weighted by molar-refractivity contribution is 5.62. The van der Waals surface area contributed by atoms with Gasteiger partial charge in [-0.15, -0.1) is 0 Å². The molecule has 0 bridgehead atoms. The minimum Gasteiger partial charge on any atom is -0.595 e. The van der Waals surface area contributed by atoms with E-state index in [4.69, 9.17) is 4.74 Å². The fourth-order valence-electron chi connectivity index (χ4n) is 1.83. The Bertz CT molecular complexity index is 266. The van der Waals surface area contributed by atoms with Crippen LogP contribution in [0, 0.1) is 0 Å². The van der Waals surface area contributed by atoms with Gasteiger partial charge in [0, 0.05) is 38.3 Å². The molecule has 106 valence electrons. The molecule has 1 saturated heterocycles. The Balaban J connectivity index is 2.12. The molecule has 0 aliphatic carbocycles. The summed E-state index contributed by atoms with van der Waals surface area (Å²) in [4.78, 5) is 8.67. The highest BCUT2D eigenvalue weighted by Gasteiger charge is 2.12. The SMILES string of the molecule is CN1CCN(CCCN=C([O-])OC(C)(C)C)CC1. The highest BCUT2D eigenvalue weighted by atomic mass is 16.6. The van der Waals surface area contributed by atoms with E-state index in [0.717, 1.165) is 39.1 Å². The zero-order chi connectivity index (χ0) is 13.6. The summed E-state index contributed by atoms with van der Waals surface area (Å²) in [5.41, 5.74) is -0.446. The van der Waals surface area contributed by atoms with Crippen LogP contribution in [0.4, 0.5) is 0 Å². The van der Waals surface area contributed by atoms with Gasteiger partial charge in [-0.2, -0.15) is 0 Å². The number of hydrogen-bond donors (Lipinski definition) is 0. The van der Waals surface area contributed by atoms with Crippen LogP contribution in [-0.2, 0) is 4.74 Å². The van der Waals surface area contributed by atoms with Gasteiger partial charge in [0.2, 0.25) is 0 Å². The zero-order valence-electron chi connectivity index (χ0n) is 12.1. The fourth-order valence-corrected chi connectivity index (χ4v) is 1.83. The smallest absolute Gasteiger partial charge is 0.145 e. The number of rotatable bonds is 4. The molecule has 0 unspecified atom stereocenters. The second kappa shape index (κ2) is 6.95. The molecule has 5 nitrogen and oxygen atoms in total. The van der Waals surface area contributed by atoms with Crippen LogP contribution in [0.25, 0.3) is 0 Å². The van der Waals surface area contributed by atoms with E-state index < -0.39 is 11.7 Å². The van der Waals surface area contributed by atoms with Gasteiger partial charge in [0.05, 0.1) is 0 Å². The average molecular weight is 256 g/mol. The van der Waals surface area contributed by atoms with Crippen LogP contribution in [0.5, 0.6) is 0 Å². The third-order valence-corrected chi connectivity index (χ3v) is 2.86. The highest BCUT2D eigenvalue weighted by Crippen LogP contribution is 2.06. The van der Waals surface area contributed by atoms with E-state index in [1.54, 1.807) is 0 Å². The molecule has 1 aliphatic rings. The van der Waals surface area contributed by atoms with Crippen molar-refractivity contribution >= 4 is 6.08 Å². The topological polar surface area (TPSA) is 51.1 Å². The van der Waals surface area contributed by atoms with Crippen LogP contribution in [-0.4, -0.2) is 67.8 Å². The molecule has 0 N–H and O–H groups in total. The van der Waals surface area contributed by atoms with Crippen molar-refractivity contribution < 1.29 is 9.84 Å². The van der Waals surface area contributed by atoms with Gasteiger partial charge in [-0.25, -0.2) is 0 Å². The molecule has 5 heteroatoms. The normalized spacial score (nSPS) is 20.1. The van der Waals surface area contributed by atoms with Crippen molar-refractivity contribution in [2.75, 3.05) is 46.3 Å². The lowest BCUT2D eigenvalue weighted by atomic mass is 10.2. The summed E-state index contributed by atoms with van der Waals surface area (Å²) in [5, 5.41) is 11.3. The number of hydrogen-bond acceptors (Lipinski definition) is 5. The number of ether oxygens (including phenoxy) is 1. The Morgan fingerprint density at radius 3 is 2.39 bits per heavy atom. The number of piperazine rings is 1. The lowest BCUT2D eigenvalue weighted by Gasteiger charge is -2.32. The second-order valence-electron chi connectivity index (χ2n) is 5.86. The molecule has 0 spiro atoms. The summed E-state index contributed by atoms with van der Waals surface area (Å²) in [7, 11) is 2.15. The van der Waals surface area contributed by atoms with Crippen molar-refractivity contribution in [3.63, 3.8) is 0 Å². The second-order valence-corrected chi connectivity index (χ2v) is 5.86. The molecule has 1 fully saturated rings. The van der Waals surface area contributed by atoms with Crippen LogP contribution in [0.3, 0.4) is 0 Å². The third-order valence-electron chi connectivity index (χ3n) is 2.86. The van der Waals surface area contributed by atoms with E-state index in [1.165, 1.54) is 0 Å². The van der Waals surface area contributed by atoms with E-state index in [1.807, 2.05) is 20.8 Å². The monoisotopic (exact) mass is 256 g/mol. The lowest BCUT2D eigenvalue weighted by molar-refractivity contribution is -0.260. The van der Waals surface area contributed by atoms with Gasteiger partial charge in [0.15, 0.2) is 0 Å². The summed E-state index contributed by atoms with van der Waals surface area (Å²) in [6.07, 6.45) is 0.476. The van der Waals surface area contributed by atoms with Crippen molar-refractivity contribution in [3.05, 3.63) is 0 Å². The quantitative estimate of drug-likeness (QED) is 0.408. The number of nitrogens with zero attached hydrogens (tertiary/aromatic N) is 3. The first-order valence-electron chi connectivity index (χ1n) is 6.68. The molecule has 1 rings (SSSR count). The first-order valence-corrected chi connectivity index (χ1v) is 6.68. The van der Waals surface area contributed by atoms with Crippen LogP contribution in [0.1, 0.15) is 27.2 Å². The van der Waals surface area contributed by atoms with Gasteiger partial charge < -0.3 is 19.6 Å². The van der Waals surface area contributed by atoms with Gasteiger partial charge in [-0.3, -0.25) is 4.99 Å². The summed E-state index contributed by atoms with van der Waals surface area (Å²) >= 11 is 0. The van der Waals surface area contributed by atoms with E-state index in [9.17, 15) is 5.11 Å². The molecule has 0 atom stereocenters. The molecule has 0 aromatic rings. The molecule has 0 amide bonds. The van der Waals surface area contributed by atoms with Crippen LogP contribution >= 0.6 is 0 Å². The zero-order valence-corrected chi connectivity index (χ0v) is 12.1. The van der Waals surface area contributed by atoms with Gasteiger partial charge in [0.25, 0.3) is 0 Å². The largest absolute Gasteiger partial charge is 0.595 e. The first kappa shape index (κ1) is 15.2. The summed E-state index contributed by atoms with van der Waals surface area (Å²) in [5.74, 6) is 0. The Labute approximate surface area is 110 Å². The number of aliphatic imine (C=N–C) groups is 1. The van der Waals surface area contributed by atoms with Crippen LogP contribution < -0.4 is 5.11 Å². The van der Waals surface area contributed by atoms with Crippen molar-refractivity contribution in [1.82, 2.24) is 9.80 Å². The molecular weight excluding hydrogens is 230 g/mol. The van der Waals surface area contributed by atoms with Gasteiger partial charge in [0.1, 0.15) is 6.08 Å². The summed E-state index contributed by atoms with van der Waals surface area (Å²) < 4.78 is 5.12. The molecule has 0 saturated carbocycles. The average Bonchev–Trinajstić information content (AvgIpc) is 2.24. The Hall–Kier alpha value is -0.810. The molecular formula is C13H26N3O2-. The van der Waals surface area contributed by atoms with Gasteiger partial charge in [-0.05, 0) is 20.0 Å². The standard InChI is InChI=1S/C13H27N3O2/c1-13(2,3)18-12(17)14-6-5-7-16-10-8-15(4)9-11-16/h5-11H2,1-4H3,(H,14,17)/p-1. The van der Waals surface area contributed by atoms with Crippen LogP contribution in [0.2, 0.25) is 0 Å². The minimum atomic E-state index is -0.446. The summed E-state index contributed by atoms with van der Waals surface area (Å²) in [6, 6.07) is 0. The van der Waals surface area contributed by atoms with E-state index in [0.29, 0.717) is 6.54 Å². The summed E-state index contributed by atoms with van der Waals surface area (Å²) in [6.45, 7) is 11.6. The van der Waals surface area contributed by atoms with Crippen molar-refractivity contribution in [1.29, 1.82) is 0 Å². The molecule has 0 aromatic carbocycles. The molecule has 0 radical (unpaired) electrons. The predicted octanol–water partition coefficient (Wildman–Crippen LogP) is 0.155. The maximum atomic E-state index is 11.3. The fraction of sp³-hybridized carbons (Fsp3) is 0.923. The van der Waals surface area contributed by atoms with E-state index in [2.05, 4.69) is 21.8 Å². The number of likely N-dealkylation sites (N-methyl/N-ethyl adjacent to an activating group) is 1.